The van der Waals surface area contributed by atoms with Gasteiger partial charge in [0.1, 0.15) is 11.5 Å². The van der Waals surface area contributed by atoms with Crippen molar-refractivity contribution in [2.45, 2.75) is 103 Å². The molecule has 0 N–H and O–H groups in total. The lowest BCUT2D eigenvalue weighted by Crippen LogP contribution is -2.04. The first-order valence-corrected chi connectivity index (χ1v) is 12.4. The van der Waals surface area contributed by atoms with E-state index in [1.54, 1.807) is 0 Å². The van der Waals surface area contributed by atoms with E-state index in [0.29, 0.717) is 11.8 Å². The molecule has 0 aliphatic carbocycles. The molecule has 1 aromatic rings. The zero-order valence-electron chi connectivity index (χ0n) is 18.0. The molecular formula is C24H40Cl2O2. The zero-order valence-corrected chi connectivity index (χ0v) is 19.6. The third kappa shape index (κ3) is 10.8. The third-order valence-electron chi connectivity index (χ3n) is 5.04. The average Bonchev–Trinajstić information content (AvgIpc) is 2.72. The highest BCUT2D eigenvalue weighted by Crippen LogP contribution is 2.32. The first kappa shape index (κ1) is 25.4. The van der Waals surface area contributed by atoms with Crippen molar-refractivity contribution in [3.63, 3.8) is 0 Å². The molecule has 0 amide bonds. The Hall–Kier alpha value is -0.600. The van der Waals surface area contributed by atoms with Gasteiger partial charge in [0.2, 0.25) is 0 Å². The van der Waals surface area contributed by atoms with Gasteiger partial charge >= 0.3 is 0 Å². The van der Waals surface area contributed by atoms with Crippen molar-refractivity contribution in [2.24, 2.45) is 0 Å². The Morgan fingerprint density at radius 1 is 0.571 bits per heavy atom. The summed E-state index contributed by atoms with van der Waals surface area (Å²) < 4.78 is 12.0. The number of hydrogen-bond acceptors (Lipinski definition) is 2. The molecular weight excluding hydrogens is 391 g/mol. The van der Waals surface area contributed by atoms with E-state index in [-0.39, 0.29) is 0 Å². The zero-order chi connectivity index (χ0) is 20.5. The maximum absolute atomic E-state index is 6.16. The summed E-state index contributed by atoms with van der Waals surface area (Å²) in [6, 6.07) is 4.02. The summed E-state index contributed by atoms with van der Waals surface area (Å²) >= 11 is 12.3. The van der Waals surface area contributed by atoms with E-state index in [4.69, 9.17) is 32.7 Å². The lowest BCUT2D eigenvalue weighted by Gasteiger charge is -2.16. The fourth-order valence-corrected chi connectivity index (χ4v) is 3.67. The third-order valence-corrected chi connectivity index (χ3v) is 5.62. The second-order valence-corrected chi connectivity index (χ2v) is 8.10. The molecule has 2 nitrogen and oxygen atoms in total. The molecule has 1 rings (SSSR count). The van der Waals surface area contributed by atoms with E-state index in [9.17, 15) is 0 Å². The monoisotopic (exact) mass is 430 g/mol. The first-order chi connectivity index (χ1) is 13.8. The largest absolute Gasteiger partial charge is 0.493 e. The molecule has 28 heavy (non-hydrogen) atoms. The fraction of sp³-hybridized carbons (Fsp3) is 0.750. The number of rotatable bonds is 18. The molecule has 0 fully saturated rings. The van der Waals surface area contributed by atoms with Gasteiger partial charge in [0.15, 0.2) is 0 Å². The highest BCUT2D eigenvalue weighted by atomic mass is 35.5. The van der Waals surface area contributed by atoms with Crippen LogP contribution in [0.1, 0.15) is 102 Å². The molecule has 0 saturated heterocycles. The highest BCUT2D eigenvalue weighted by molar-refractivity contribution is 6.18. The maximum atomic E-state index is 6.16. The standard InChI is InChI=1S/C24H40Cl2O2/c1-3-5-7-9-11-13-15-27-23-17-22(20-26)24(18-21(23)19-25)28-16-14-12-10-8-6-4-2/h17-18H,3-16,19-20H2,1-2H3. The molecule has 0 heterocycles. The Bertz CT molecular complexity index is 460. The Kier molecular flexibility index (Phi) is 15.7. The van der Waals surface area contributed by atoms with Crippen molar-refractivity contribution in [3.8, 4) is 11.5 Å². The van der Waals surface area contributed by atoms with E-state index in [1.165, 1.54) is 64.2 Å². The highest BCUT2D eigenvalue weighted by Gasteiger charge is 2.11. The van der Waals surface area contributed by atoms with Crippen molar-refractivity contribution in [1.29, 1.82) is 0 Å². The molecule has 0 bridgehead atoms. The maximum Gasteiger partial charge on any atom is 0.124 e. The summed E-state index contributed by atoms with van der Waals surface area (Å²) in [5.41, 5.74) is 1.97. The second-order valence-electron chi connectivity index (χ2n) is 7.57. The van der Waals surface area contributed by atoms with Crippen LogP contribution >= 0.6 is 23.2 Å². The molecule has 162 valence electrons. The quantitative estimate of drug-likeness (QED) is 0.171. The Morgan fingerprint density at radius 2 is 0.929 bits per heavy atom. The van der Waals surface area contributed by atoms with Crippen LogP contribution in [0.4, 0.5) is 0 Å². The molecule has 0 unspecified atom stereocenters. The minimum atomic E-state index is 0.418. The average molecular weight is 431 g/mol. The van der Waals surface area contributed by atoms with Crippen molar-refractivity contribution < 1.29 is 9.47 Å². The van der Waals surface area contributed by atoms with Crippen molar-refractivity contribution in [3.05, 3.63) is 23.3 Å². The van der Waals surface area contributed by atoms with Crippen molar-refractivity contribution >= 4 is 23.2 Å². The number of alkyl halides is 2. The Balaban J connectivity index is 2.46. The molecule has 1 aromatic carbocycles. The first-order valence-electron chi connectivity index (χ1n) is 11.3. The summed E-state index contributed by atoms with van der Waals surface area (Å²) in [4.78, 5) is 0. The van der Waals surface area contributed by atoms with Gasteiger partial charge in [-0.2, -0.15) is 0 Å². The number of unbranched alkanes of at least 4 members (excludes halogenated alkanes) is 10. The summed E-state index contributed by atoms with van der Waals surface area (Å²) in [5.74, 6) is 2.54. The fourth-order valence-electron chi connectivity index (χ4n) is 3.25. The molecule has 0 aliphatic rings. The smallest absolute Gasteiger partial charge is 0.124 e. The number of hydrogen-bond donors (Lipinski definition) is 0. The molecule has 0 radical (unpaired) electrons. The van der Waals surface area contributed by atoms with Gasteiger partial charge in [0.05, 0.1) is 25.0 Å². The van der Waals surface area contributed by atoms with Crippen LogP contribution in [0.15, 0.2) is 12.1 Å². The van der Waals surface area contributed by atoms with Crippen molar-refractivity contribution in [2.75, 3.05) is 13.2 Å². The van der Waals surface area contributed by atoms with Gasteiger partial charge < -0.3 is 9.47 Å². The molecule has 0 atom stereocenters. The second kappa shape index (κ2) is 17.3. The predicted molar refractivity (Wildman–Crippen MR) is 123 cm³/mol. The predicted octanol–water partition coefficient (Wildman–Crippen LogP) is 8.64. The van der Waals surface area contributed by atoms with Gasteiger partial charge in [0, 0.05) is 11.1 Å². The number of ether oxygens (including phenoxy) is 2. The van der Waals surface area contributed by atoms with E-state index in [0.717, 1.165) is 48.7 Å². The summed E-state index contributed by atoms with van der Waals surface area (Å²) in [5, 5.41) is 0. The normalized spacial score (nSPS) is 11.0. The van der Waals surface area contributed by atoms with Crippen LogP contribution in [-0.4, -0.2) is 13.2 Å². The molecule has 0 spiro atoms. The van der Waals surface area contributed by atoms with Crippen molar-refractivity contribution in [1.82, 2.24) is 0 Å². The lowest BCUT2D eigenvalue weighted by atomic mass is 10.1. The van der Waals surface area contributed by atoms with Gasteiger partial charge in [-0.15, -0.1) is 23.2 Å². The molecule has 4 heteroatoms. The van der Waals surface area contributed by atoms with Gasteiger partial charge in [-0.3, -0.25) is 0 Å². The van der Waals surface area contributed by atoms with Crippen LogP contribution in [-0.2, 0) is 11.8 Å². The van der Waals surface area contributed by atoms with Gasteiger partial charge in [-0.25, -0.2) is 0 Å². The van der Waals surface area contributed by atoms with Gasteiger partial charge in [-0.1, -0.05) is 78.1 Å². The van der Waals surface area contributed by atoms with Crippen LogP contribution in [0.3, 0.4) is 0 Å². The summed E-state index contributed by atoms with van der Waals surface area (Å²) in [7, 11) is 0. The number of benzene rings is 1. The lowest BCUT2D eigenvalue weighted by molar-refractivity contribution is 0.292. The minimum Gasteiger partial charge on any atom is -0.493 e. The van der Waals surface area contributed by atoms with Gasteiger partial charge in [0.25, 0.3) is 0 Å². The molecule has 0 saturated carbocycles. The summed E-state index contributed by atoms with van der Waals surface area (Å²) in [6.07, 6.45) is 15.1. The Labute approximate surface area is 183 Å². The van der Waals surface area contributed by atoms with E-state index in [1.807, 2.05) is 12.1 Å². The summed E-state index contributed by atoms with van der Waals surface area (Å²) in [6.45, 7) is 5.95. The SMILES string of the molecule is CCCCCCCCOc1cc(CCl)c(OCCCCCCCC)cc1CCl. The van der Waals surface area contributed by atoms with Crippen LogP contribution in [0.5, 0.6) is 11.5 Å². The molecule has 0 aliphatic heterocycles. The van der Waals surface area contributed by atoms with E-state index in [2.05, 4.69) is 13.8 Å². The number of halogens is 2. The van der Waals surface area contributed by atoms with Crippen LogP contribution in [0, 0.1) is 0 Å². The van der Waals surface area contributed by atoms with E-state index >= 15 is 0 Å². The molecule has 0 aromatic heterocycles. The van der Waals surface area contributed by atoms with Crippen LogP contribution in [0.25, 0.3) is 0 Å². The minimum absolute atomic E-state index is 0.418. The van der Waals surface area contributed by atoms with Gasteiger partial charge in [-0.05, 0) is 25.0 Å². The topological polar surface area (TPSA) is 18.5 Å². The van der Waals surface area contributed by atoms with Crippen LogP contribution in [0.2, 0.25) is 0 Å². The Morgan fingerprint density at radius 3 is 1.29 bits per heavy atom. The van der Waals surface area contributed by atoms with Crippen LogP contribution < -0.4 is 9.47 Å². The van der Waals surface area contributed by atoms with E-state index < -0.39 is 0 Å².